The number of carbonyl (C=O) groups excluding carboxylic acids is 1. The van der Waals surface area contributed by atoms with E-state index < -0.39 is 6.04 Å². The Labute approximate surface area is 135 Å². The highest BCUT2D eigenvalue weighted by atomic mass is 35.5. The molecule has 0 aliphatic rings. The Bertz CT molecular complexity index is 571. The van der Waals surface area contributed by atoms with Crippen molar-refractivity contribution in [3.8, 4) is 10.4 Å². The topological polar surface area (TPSA) is 68.0 Å². The number of nitrogens with two attached hydrogens (primary N) is 1. The van der Waals surface area contributed by atoms with Crippen LogP contribution in [0.4, 0.5) is 5.13 Å². The summed E-state index contributed by atoms with van der Waals surface area (Å²) in [5.41, 5.74) is 6.94. The van der Waals surface area contributed by atoms with E-state index in [1.165, 1.54) is 11.3 Å². The summed E-state index contributed by atoms with van der Waals surface area (Å²) in [7, 11) is 0. The molecule has 2 rings (SSSR count). The summed E-state index contributed by atoms with van der Waals surface area (Å²) in [6.07, 6.45) is 2.44. The number of carbonyl (C=O) groups is 1. The summed E-state index contributed by atoms with van der Waals surface area (Å²) in [6.45, 7) is 4.09. The zero-order valence-electron chi connectivity index (χ0n) is 12.1. The van der Waals surface area contributed by atoms with Gasteiger partial charge in [-0.25, -0.2) is 4.98 Å². The molecule has 0 unspecified atom stereocenters. The number of anilines is 1. The fourth-order valence-electron chi connectivity index (χ4n) is 1.88. The highest BCUT2D eigenvalue weighted by Gasteiger charge is 2.16. The summed E-state index contributed by atoms with van der Waals surface area (Å²) in [5.74, 6) is 0.222. The van der Waals surface area contributed by atoms with Crippen molar-refractivity contribution >= 4 is 34.8 Å². The van der Waals surface area contributed by atoms with Crippen LogP contribution in [0.3, 0.4) is 0 Å². The van der Waals surface area contributed by atoms with Crippen LogP contribution in [-0.4, -0.2) is 16.9 Å². The van der Waals surface area contributed by atoms with Gasteiger partial charge >= 0.3 is 0 Å². The van der Waals surface area contributed by atoms with Crippen molar-refractivity contribution in [2.24, 2.45) is 11.7 Å². The van der Waals surface area contributed by atoms with Crippen LogP contribution in [0, 0.1) is 5.92 Å². The first kappa shape index (κ1) is 17.6. The molecule has 3 N–H and O–H groups in total. The Morgan fingerprint density at radius 1 is 1.33 bits per heavy atom. The number of amides is 1. The minimum absolute atomic E-state index is 0. The Balaban J connectivity index is 0.00000220. The molecule has 1 aromatic carbocycles. The number of benzene rings is 1. The first-order valence-corrected chi connectivity index (χ1v) is 7.45. The summed E-state index contributed by atoms with van der Waals surface area (Å²) < 4.78 is 0. The molecule has 1 heterocycles. The molecule has 1 aromatic heterocycles. The zero-order chi connectivity index (χ0) is 14.5. The molecular weight excluding hydrogens is 306 g/mol. The Hall–Kier alpha value is -1.43. The third-order valence-electron chi connectivity index (χ3n) is 2.86. The summed E-state index contributed by atoms with van der Waals surface area (Å²) in [4.78, 5) is 17.2. The standard InChI is InChI=1S/C15H19N3OS.ClH/c1-10(2)8-12(16)14(19)18-15-17-9-13(20-15)11-6-4-3-5-7-11;/h3-7,9-10,12H,8,16H2,1-2H3,(H,17,18,19);1H/t12-;/m0./s1. The molecule has 6 heteroatoms. The second kappa shape index (κ2) is 8.12. The van der Waals surface area contributed by atoms with E-state index >= 15 is 0 Å². The zero-order valence-corrected chi connectivity index (χ0v) is 13.7. The third-order valence-corrected chi connectivity index (χ3v) is 3.82. The van der Waals surface area contributed by atoms with Gasteiger partial charge in [-0.1, -0.05) is 55.5 Å². The Kier molecular flexibility index (Phi) is 6.81. The average molecular weight is 326 g/mol. The van der Waals surface area contributed by atoms with Crippen LogP contribution >= 0.6 is 23.7 Å². The van der Waals surface area contributed by atoms with Crippen molar-refractivity contribution in [2.75, 3.05) is 5.32 Å². The van der Waals surface area contributed by atoms with Crippen LogP contribution in [0.5, 0.6) is 0 Å². The summed E-state index contributed by atoms with van der Waals surface area (Å²) >= 11 is 1.45. The maximum absolute atomic E-state index is 11.9. The number of hydrogen-bond donors (Lipinski definition) is 2. The van der Waals surface area contributed by atoms with Crippen molar-refractivity contribution in [2.45, 2.75) is 26.3 Å². The number of nitrogens with zero attached hydrogens (tertiary/aromatic N) is 1. The Morgan fingerprint density at radius 3 is 2.62 bits per heavy atom. The highest BCUT2D eigenvalue weighted by Crippen LogP contribution is 2.28. The first-order chi connectivity index (χ1) is 9.56. The summed E-state index contributed by atoms with van der Waals surface area (Å²) in [6, 6.07) is 9.47. The molecule has 0 saturated carbocycles. The fourth-order valence-corrected chi connectivity index (χ4v) is 2.71. The third kappa shape index (κ3) is 5.12. The molecule has 0 fully saturated rings. The molecule has 114 valence electrons. The lowest BCUT2D eigenvalue weighted by Gasteiger charge is -2.12. The van der Waals surface area contributed by atoms with Crippen LogP contribution in [0.25, 0.3) is 10.4 Å². The molecule has 1 atom stereocenters. The molecule has 0 aliphatic carbocycles. The monoisotopic (exact) mass is 325 g/mol. The van der Waals surface area contributed by atoms with Gasteiger partial charge in [-0.15, -0.1) is 12.4 Å². The number of thiazole rings is 1. The lowest BCUT2D eigenvalue weighted by molar-refractivity contribution is -0.117. The molecule has 2 aromatic rings. The predicted octanol–water partition coefficient (Wildman–Crippen LogP) is 3.54. The van der Waals surface area contributed by atoms with E-state index in [0.717, 1.165) is 10.4 Å². The number of halogens is 1. The van der Waals surface area contributed by atoms with E-state index in [2.05, 4.69) is 10.3 Å². The maximum atomic E-state index is 11.9. The van der Waals surface area contributed by atoms with Crippen molar-refractivity contribution in [1.29, 1.82) is 0 Å². The van der Waals surface area contributed by atoms with Crippen molar-refractivity contribution < 1.29 is 4.79 Å². The van der Waals surface area contributed by atoms with E-state index in [0.29, 0.717) is 17.5 Å². The number of rotatable bonds is 5. The second-order valence-corrected chi connectivity index (χ2v) is 6.15. The molecule has 0 spiro atoms. The molecule has 0 bridgehead atoms. The minimum atomic E-state index is -0.487. The molecule has 0 saturated heterocycles. The first-order valence-electron chi connectivity index (χ1n) is 6.64. The van der Waals surface area contributed by atoms with Gasteiger partial charge in [0.1, 0.15) is 0 Å². The van der Waals surface area contributed by atoms with E-state index in [4.69, 9.17) is 5.73 Å². The van der Waals surface area contributed by atoms with Crippen LogP contribution in [0.2, 0.25) is 0 Å². The largest absolute Gasteiger partial charge is 0.320 e. The predicted molar refractivity (Wildman–Crippen MR) is 90.9 cm³/mol. The van der Waals surface area contributed by atoms with Gasteiger partial charge in [0.15, 0.2) is 5.13 Å². The number of nitrogens with one attached hydrogen (secondary N) is 1. The van der Waals surface area contributed by atoms with Crippen molar-refractivity contribution in [1.82, 2.24) is 4.98 Å². The van der Waals surface area contributed by atoms with Crippen LogP contribution < -0.4 is 11.1 Å². The molecule has 0 radical (unpaired) electrons. The van der Waals surface area contributed by atoms with Gasteiger partial charge in [0.05, 0.1) is 10.9 Å². The number of hydrogen-bond acceptors (Lipinski definition) is 4. The number of aromatic nitrogens is 1. The van der Waals surface area contributed by atoms with Gasteiger partial charge in [0, 0.05) is 6.20 Å². The van der Waals surface area contributed by atoms with E-state index in [-0.39, 0.29) is 18.3 Å². The SMILES string of the molecule is CC(C)C[C@H](N)C(=O)Nc1ncc(-c2ccccc2)s1.Cl. The molecule has 0 aliphatic heterocycles. The maximum Gasteiger partial charge on any atom is 0.243 e. The molecule has 1 amide bonds. The van der Waals surface area contributed by atoms with Gasteiger partial charge in [-0.3, -0.25) is 4.79 Å². The highest BCUT2D eigenvalue weighted by molar-refractivity contribution is 7.19. The Morgan fingerprint density at radius 2 is 2.00 bits per heavy atom. The van der Waals surface area contributed by atoms with Gasteiger partial charge in [-0.2, -0.15) is 0 Å². The van der Waals surface area contributed by atoms with Crippen molar-refractivity contribution in [3.63, 3.8) is 0 Å². The molecule has 21 heavy (non-hydrogen) atoms. The normalized spacial score (nSPS) is 11.8. The molecule has 4 nitrogen and oxygen atoms in total. The lowest BCUT2D eigenvalue weighted by Crippen LogP contribution is -2.36. The van der Waals surface area contributed by atoms with Gasteiger partial charge in [0.25, 0.3) is 0 Å². The fraction of sp³-hybridized carbons (Fsp3) is 0.333. The van der Waals surface area contributed by atoms with E-state index in [1.54, 1.807) is 6.20 Å². The van der Waals surface area contributed by atoms with Crippen LogP contribution in [0.1, 0.15) is 20.3 Å². The average Bonchev–Trinajstić information content (AvgIpc) is 2.87. The smallest absolute Gasteiger partial charge is 0.243 e. The van der Waals surface area contributed by atoms with Crippen LogP contribution in [-0.2, 0) is 4.79 Å². The van der Waals surface area contributed by atoms with Crippen LogP contribution in [0.15, 0.2) is 36.5 Å². The summed E-state index contributed by atoms with van der Waals surface area (Å²) in [5, 5.41) is 3.37. The van der Waals surface area contributed by atoms with Gasteiger partial charge in [0.2, 0.25) is 5.91 Å². The lowest BCUT2D eigenvalue weighted by atomic mass is 10.0. The molecular formula is C15H20ClN3OS. The quantitative estimate of drug-likeness (QED) is 0.883. The van der Waals surface area contributed by atoms with E-state index in [1.807, 2.05) is 44.2 Å². The second-order valence-electron chi connectivity index (χ2n) is 5.12. The van der Waals surface area contributed by atoms with Crippen molar-refractivity contribution in [3.05, 3.63) is 36.5 Å². The minimum Gasteiger partial charge on any atom is -0.320 e. The van der Waals surface area contributed by atoms with Gasteiger partial charge in [-0.05, 0) is 17.9 Å². The van der Waals surface area contributed by atoms with Gasteiger partial charge < -0.3 is 11.1 Å². The van der Waals surface area contributed by atoms with E-state index in [9.17, 15) is 4.79 Å².